The van der Waals surface area contributed by atoms with Crippen molar-refractivity contribution in [1.29, 1.82) is 0 Å². The molecule has 148 valence electrons. The highest BCUT2D eigenvalue weighted by Gasteiger charge is 2.53. The molecule has 1 amide bonds. The molecule has 2 aliphatic heterocycles. The van der Waals surface area contributed by atoms with Gasteiger partial charge in [-0.25, -0.2) is 18.8 Å². The van der Waals surface area contributed by atoms with Gasteiger partial charge in [0, 0.05) is 0 Å². The van der Waals surface area contributed by atoms with Gasteiger partial charge in [-0.1, -0.05) is 19.8 Å². The van der Waals surface area contributed by atoms with E-state index in [1.54, 1.807) is 6.92 Å². The number of nitrogens with zero attached hydrogens (tertiary/aromatic N) is 2. The molecule has 1 aromatic heterocycles. The van der Waals surface area contributed by atoms with E-state index in [1.807, 2.05) is 6.92 Å². The van der Waals surface area contributed by atoms with Gasteiger partial charge in [-0.15, -0.1) is 0 Å². The van der Waals surface area contributed by atoms with Gasteiger partial charge < -0.3 is 18.9 Å². The fourth-order valence-corrected chi connectivity index (χ4v) is 2.93. The van der Waals surface area contributed by atoms with Gasteiger partial charge in [0.05, 0.1) is 18.9 Å². The van der Waals surface area contributed by atoms with Gasteiger partial charge >= 0.3 is 17.9 Å². The molecule has 2 fully saturated rings. The standard InChI is InChI=1S/C16H20FN3O7/c1-3-4-5-6-24-15(22)19-12-9(17)7-20(14(21)18-12)13-11-10(8(2)25-13)26-16(23)27-11/h7-8,10-11,13H,3-6H2,1-2H3,(H,18,19,21,22)/t8-,10-,11+,13-/m1/s1. The van der Waals surface area contributed by atoms with Crippen LogP contribution in [0, 0.1) is 5.82 Å². The normalized spacial score (nSPS) is 26.3. The van der Waals surface area contributed by atoms with Crippen molar-refractivity contribution in [2.24, 2.45) is 0 Å². The number of nitrogens with one attached hydrogen (secondary N) is 1. The first kappa shape index (κ1) is 19.1. The Hall–Kier alpha value is -2.69. The maximum atomic E-state index is 14.3. The van der Waals surface area contributed by atoms with Crippen LogP contribution in [-0.2, 0) is 18.9 Å². The molecule has 1 N–H and O–H groups in total. The molecule has 3 heterocycles. The van der Waals surface area contributed by atoms with E-state index in [2.05, 4.69) is 10.3 Å². The molecular formula is C16H20FN3O7. The molecule has 4 atom stereocenters. The van der Waals surface area contributed by atoms with Crippen molar-refractivity contribution in [2.45, 2.75) is 57.6 Å². The molecule has 10 nitrogen and oxygen atoms in total. The van der Waals surface area contributed by atoms with Crippen molar-refractivity contribution in [3.8, 4) is 0 Å². The maximum absolute atomic E-state index is 14.3. The lowest BCUT2D eigenvalue weighted by molar-refractivity contribution is -0.0524. The van der Waals surface area contributed by atoms with Crippen molar-refractivity contribution in [2.75, 3.05) is 11.9 Å². The fraction of sp³-hybridized carbons (Fsp3) is 0.625. The summed E-state index contributed by atoms with van der Waals surface area (Å²) < 4.78 is 35.6. The predicted molar refractivity (Wildman–Crippen MR) is 87.7 cm³/mol. The number of carbonyl (C=O) groups excluding carboxylic acids is 2. The Kier molecular flexibility index (Phi) is 5.59. The minimum absolute atomic E-state index is 0.181. The number of unbranched alkanes of at least 4 members (excludes halogenated alkanes) is 2. The topological polar surface area (TPSA) is 118 Å². The average molecular weight is 385 g/mol. The van der Waals surface area contributed by atoms with E-state index in [-0.39, 0.29) is 6.61 Å². The number of rotatable bonds is 6. The van der Waals surface area contributed by atoms with E-state index in [9.17, 15) is 18.8 Å². The van der Waals surface area contributed by atoms with Crippen LogP contribution in [0.4, 0.5) is 19.8 Å². The number of anilines is 1. The molecule has 0 spiro atoms. The van der Waals surface area contributed by atoms with E-state index in [4.69, 9.17) is 18.9 Å². The third-order valence-corrected chi connectivity index (χ3v) is 4.27. The summed E-state index contributed by atoms with van der Waals surface area (Å²) in [4.78, 5) is 38.7. The lowest BCUT2D eigenvalue weighted by atomic mass is 10.1. The van der Waals surface area contributed by atoms with Crippen LogP contribution in [0.5, 0.6) is 0 Å². The molecule has 2 saturated heterocycles. The van der Waals surface area contributed by atoms with Crippen LogP contribution in [0.15, 0.2) is 11.0 Å². The number of hydrogen-bond donors (Lipinski definition) is 1. The predicted octanol–water partition coefficient (Wildman–Crippen LogP) is 1.94. The molecule has 27 heavy (non-hydrogen) atoms. The van der Waals surface area contributed by atoms with Gasteiger partial charge in [0.1, 0.15) is 0 Å². The van der Waals surface area contributed by atoms with Crippen molar-refractivity contribution in [1.82, 2.24) is 9.55 Å². The maximum Gasteiger partial charge on any atom is 0.509 e. The molecule has 0 unspecified atom stereocenters. The molecule has 2 aliphatic rings. The second-order valence-corrected chi connectivity index (χ2v) is 6.24. The minimum atomic E-state index is -1.08. The molecule has 0 radical (unpaired) electrons. The highest BCUT2D eigenvalue weighted by atomic mass is 19.1. The highest BCUT2D eigenvalue weighted by Crippen LogP contribution is 2.37. The van der Waals surface area contributed by atoms with Crippen LogP contribution in [0.1, 0.15) is 39.3 Å². The molecule has 0 bridgehead atoms. The monoisotopic (exact) mass is 385 g/mol. The number of hydrogen-bond acceptors (Lipinski definition) is 8. The van der Waals surface area contributed by atoms with Crippen LogP contribution in [0.25, 0.3) is 0 Å². The number of carbonyl (C=O) groups is 2. The molecular weight excluding hydrogens is 365 g/mol. The summed E-state index contributed by atoms with van der Waals surface area (Å²) in [6.45, 7) is 3.82. The Morgan fingerprint density at radius 2 is 2.07 bits per heavy atom. The molecule has 0 aromatic carbocycles. The Balaban J connectivity index is 1.71. The van der Waals surface area contributed by atoms with E-state index < -0.39 is 54.1 Å². The lowest BCUT2D eigenvalue weighted by Gasteiger charge is -2.18. The Bertz CT molecular complexity index is 784. The fourth-order valence-electron chi connectivity index (χ4n) is 2.93. The number of aromatic nitrogens is 2. The van der Waals surface area contributed by atoms with Gasteiger partial charge in [-0.05, 0) is 13.3 Å². The zero-order chi connectivity index (χ0) is 19.6. The molecule has 0 saturated carbocycles. The summed E-state index contributed by atoms with van der Waals surface area (Å²) in [7, 11) is 0. The van der Waals surface area contributed by atoms with Crippen LogP contribution in [-0.4, -0.2) is 46.7 Å². The van der Waals surface area contributed by atoms with Crippen LogP contribution < -0.4 is 11.0 Å². The van der Waals surface area contributed by atoms with Gasteiger partial charge in [0.2, 0.25) is 0 Å². The molecule has 3 rings (SSSR count). The average Bonchev–Trinajstić information content (AvgIpc) is 3.13. The third kappa shape index (κ3) is 4.02. The zero-order valence-corrected chi connectivity index (χ0v) is 14.8. The zero-order valence-electron chi connectivity index (χ0n) is 14.8. The summed E-state index contributed by atoms with van der Waals surface area (Å²) in [5.74, 6) is -1.52. The Morgan fingerprint density at radius 1 is 1.33 bits per heavy atom. The van der Waals surface area contributed by atoms with Crippen molar-refractivity contribution < 1.29 is 32.9 Å². The number of ether oxygens (including phenoxy) is 4. The summed E-state index contributed by atoms with van der Waals surface area (Å²) >= 11 is 0. The number of halogens is 1. The van der Waals surface area contributed by atoms with Crippen LogP contribution >= 0.6 is 0 Å². The Labute approximate surface area is 153 Å². The number of amides is 1. The van der Waals surface area contributed by atoms with E-state index >= 15 is 0 Å². The van der Waals surface area contributed by atoms with E-state index in [0.29, 0.717) is 6.42 Å². The first-order valence-corrected chi connectivity index (χ1v) is 8.66. The SMILES string of the molecule is CCCCCOC(=O)Nc1nc(=O)n([C@@H]2O[C@H](C)[C@H]3OC(=O)O[C@@H]32)cc1F. The van der Waals surface area contributed by atoms with Crippen molar-refractivity contribution in [3.63, 3.8) is 0 Å². The van der Waals surface area contributed by atoms with Crippen LogP contribution in [0.2, 0.25) is 0 Å². The van der Waals surface area contributed by atoms with Gasteiger partial charge in [0.25, 0.3) is 0 Å². The molecule has 1 aromatic rings. The Morgan fingerprint density at radius 3 is 2.81 bits per heavy atom. The quantitative estimate of drug-likeness (QED) is 0.583. The van der Waals surface area contributed by atoms with E-state index in [0.717, 1.165) is 23.6 Å². The number of fused-ring (bicyclic) bond motifs is 1. The lowest BCUT2D eigenvalue weighted by Crippen LogP contribution is -2.35. The highest BCUT2D eigenvalue weighted by molar-refractivity contribution is 5.83. The van der Waals surface area contributed by atoms with Crippen molar-refractivity contribution in [3.05, 3.63) is 22.5 Å². The second-order valence-electron chi connectivity index (χ2n) is 6.24. The van der Waals surface area contributed by atoms with Gasteiger partial charge in [0.15, 0.2) is 30.1 Å². The molecule has 11 heteroatoms. The summed E-state index contributed by atoms with van der Waals surface area (Å²) in [5.41, 5.74) is -0.890. The third-order valence-electron chi connectivity index (χ3n) is 4.27. The van der Waals surface area contributed by atoms with E-state index in [1.165, 1.54) is 0 Å². The molecule has 0 aliphatic carbocycles. The summed E-state index contributed by atoms with van der Waals surface area (Å²) in [6, 6.07) is 0. The first-order valence-electron chi connectivity index (χ1n) is 8.66. The summed E-state index contributed by atoms with van der Waals surface area (Å²) in [6.07, 6.45) is -1.64. The van der Waals surface area contributed by atoms with Gasteiger partial charge in [-0.3, -0.25) is 9.88 Å². The smallest absolute Gasteiger partial charge is 0.449 e. The minimum Gasteiger partial charge on any atom is -0.449 e. The van der Waals surface area contributed by atoms with Crippen molar-refractivity contribution >= 4 is 18.1 Å². The van der Waals surface area contributed by atoms with Gasteiger partial charge in [-0.2, -0.15) is 4.98 Å². The first-order chi connectivity index (χ1) is 12.9. The van der Waals surface area contributed by atoms with Crippen LogP contribution in [0.3, 0.4) is 0 Å². The second kappa shape index (κ2) is 7.91. The largest absolute Gasteiger partial charge is 0.509 e. The summed E-state index contributed by atoms with van der Waals surface area (Å²) in [5, 5.41) is 2.10.